The number of methoxy groups -OCH3 is 1. The lowest BCUT2D eigenvalue weighted by molar-refractivity contribution is -0.386. The van der Waals surface area contributed by atoms with E-state index in [2.05, 4.69) is 10.5 Å². The molecule has 1 saturated heterocycles. The summed E-state index contributed by atoms with van der Waals surface area (Å²) in [5, 5.41) is 24.3. The van der Waals surface area contributed by atoms with E-state index in [0.717, 1.165) is 6.07 Å². The van der Waals surface area contributed by atoms with E-state index in [1.54, 1.807) is 6.92 Å². The molecule has 24 heavy (non-hydrogen) atoms. The average Bonchev–Trinajstić information content (AvgIpc) is 2.94. The molecule has 0 aliphatic carbocycles. The van der Waals surface area contributed by atoms with Crippen LogP contribution < -0.4 is 10.2 Å². The van der Waals surface area contributed by atoms with Crippen molar-refractivity contribution >= 4 is 17.8 Å². The lowest BCUT2D eigenvalue weighted by Crippen LogP contribution is -2.33. The van der Waals surface area contributed by atoms with Gasteiger partial charge in [-0.1, -0.05) is 0 Å². The first-order valence-corrected chi connectivity index (χ1v) is 7.00. The fourth-order valence-electron chi connectivity index (χ4n) is 2.15. The summed E-state index contributed by atoms with van der Waals surface area (Å²) in [6.07, 6.45) is 1.16. The summed E-state index contributed by atoms with van der Waals surface area (Å²) in [6.45, 7) is 2.49. The van der Waals surface area contributed by atoms with Gasteiger partial charge in [0.05, 0.1) is 37.9 Å². The number of hydrazone groups is 1. The summed E-state index contributed by atoms with van der Waals surface area (Å²) in [6, 6.07) is 2.46. The van der Waals surface area contributed by atoms with Gasteiger partial charge in [-0.05, 0) is 13.0 Å². The Kier molecular flexibility index (Phi) is 5.31. The standard InChI is InChI=1S/C14H17N3O7/c1-14(23-3-4-24-14)7-12(18)16-15-8-9-5-10(17(20)21)13(19)11(6-9)22-2/h5-6,8,19H,3-4,7H2,1-2H3,(H,16,18). The number of nitrogens with one attached hydrogen (secondary N) is 1. The summed E-state index contributed by atoms with van der Waals surface area (Å²) in [4.78, 5) is 21.9. The summed E-state index contributed by atoms with van der Waals surface area (Å²) in [5.41, 5.74) is 2.03. The third-order valence-corrected chi connectivity index (χ3v) is 3.28. The first kappa shape index (κ1) is 17.6. The van der Waals surface area contributed by atoms with Gasteiger partial charge >= 0.3 is 5.69 Å². The first-order valence-electron chi connectivity index (χ1n) is 7.00. The number of carbonyl (C=O) groups is 1. The zero-order valence-corrected chi connectivity index (χ0v) is 13.1. The van der Waals surface area contributed by atoms with E-state index in [1.165, 1.54) is 19.4 Å². The Labute approximate surface area is 137 Å². The molecule has 0 spiro atoms. The highest BCUT2D eigenvalue weighted by Crippen LogP contribution is 2.36. The van der Waals surface area contributed by atoms with Crippen molar-refractivity contribution in [2.45, 2.75) is 19.1 Å². The van der Waals surface area contributed by atoms with E-state index in [-0.39, 0.29) is 17.7 Å². The molecule has 130 valence electrons. The van der Waals surface area contributed by atoms with Crippen LogP contribution in [-0.4, -0.2) is 48.3 Å². The number of nitrogens with zero attached hydrogens (tertiary/aromatic N) is 2. The molecule has 0 radical (unpaired) electrons. The van der Waals surface area contributed by atoms with E-state index in [0.29, 0.717) is 13.2 Å². The number of benzene rings is 1. The Morgan fingerprint density at radius 3 is 2.79 bits per heavy atom. The molecule has 2 rings (SSSR count). The Hall–Kier alpha value is -2.72. The second-order valence-corrected chi connectivity index (χ2v) is 5.15. The van der Waals surface area contributed by atoms with Crippen LogP contribution in [-0.2, 0) is 14.3 Å². The zero-order valence-electron chi connectivity index (χ0n) is 13.1. The summed E-state index contributed by atoms with van der Waals surface area (Å²) in [5.74, 6) is -2.06. The molecule has 0 atom stereocenters. The highest BCUT2D eigenvalue weighted by Gasteiger charge is 2.33. The van der Waals surface area contributed by atoms with Gasteiger partial charge in [0.2, 0.25) is 11.7 Å². The molecule has 0 bridgehead atoms. The molecule has 1 fully saturated rings. The van der Waals surface area contributed by atoms with Gasteiger partial charge in [-0.3, -0.25) is 14.9 Å². The number of amides is 1. The second-order valence-electron chi connectivity index (χ2n) is 5.15. The second kappa shape index (κ2) is 7.23. The van der Waals surface area contributed by atoms with Crippen LogP contribution in [0.2, 0.25) is 0 Å². The SMILES string of the molecule is COc1cc(C=NNC(=O)CC2(C)OCCO2)cc([N+](=O)[O-])c1O. The van der Waals surface area contributed by atoms with Crippen LogP contribution in [0.4, 0.5) is 5.69 Å². The van der Waals surface area contributed by atoms with Gasteiger partial charge < -0.3 is 19.3 Å². The van der Waals surface area contributed by atoms with Crippen LogP contribution in [0.1, 0.15) is 18.9 Å². The molecule has 2 N–H and O–H groups in total. The smallest absolute Gasteiger partial charge is 0.315 e. The van der Waals surface area contributed by atoms with E-state index < -0.39 is 28.1 Å². The lowest BCUT2D eigenvalue weighted by Gasteiger charge is -2.20. The van der Waals surface area contributed by atoms with Gasteiger partial charge in [0.15, 0.2) is 11.5 Å². The largest absolute Gasteiger partial charge is 0.500 e. The normalized spacial score (nSPS) is 16.2. The fourth-order valence-corrected chi connectivity index (χ4v) is 2.15. The van der Waals surface area contributed by atoms with E-state index in [1.807, 2.05) is 0 Å². The van der Waals surface area contributed by atoms with Crippen LogP contribution in [0.3, 0.4) is 0 Å². The molecule has 1 heterocycles. The topological polar surface area (TPSA) is 133 Å². The van der Waals surface area contributed by atoms with Crippen molar-refractivity contribution in [3.8, 4) is 11.5 Å². The predicted octanol–water partition coefficient (Wildman–Crippen LogP) is 0.912. The number of phenols is 1. The number of nitro groups is 1. The Morgan fingerprint density at radius 2 is 2.21 bits per heavy atom. The number of carbonyl (C=O) groups excluding carboxylic acids is 1. The molecular weight excluding hydrogens is 322 g/mol. The monoisotopic (exact) mass is 339 g/mol. The minimum atomic E-state index is -0.972. The lowest BCUT2D eigenvalue weighted by atomic mass is 10.2. The molecule has 1 aromatic carbocycles. The van der Waals surface area contributed by atoms with Crippen molar-refractivity contribution in [2.75, 3.05) is 20.3 Å². The minimum Gasteiger partial charge on any atom is -0.500 e. The number of aromatic hydroxyl groups is 1. The van der Waals surface area contributed by atoms with Gasteiger partial charge in [0.25, 0.3) is 0 Å². The van der Waals surface area contributed by atoms with E-state index in [4.69, 9.17) is 14.2 Å². The number of nitro benzene ring substituents is 1. The summed E-state index contributed by atoms with van der Waals surface area (Å²) < 4.78 is 15.5. The number of rotatable bonds is 6. The van der Waals surface area contributed by atoms with Crippen molar-refractivity contribution in [1.29, 1.82) is 0 Å². The summed E-state index contributed by atoms with van der Waals surface area (Å²) in [7, 11) is 1.27. The molecule has 1 aliphatic rings. The van der Waals surface area contributed by atoms with Crippen LogP contribution in [0.5, 0.6) is 11.5 Å². The number of hydrogen-bond acceptors (Lipinski definition) is 8. The first-order chi connectivity index (χ1) is 11.3. The maximum Gasteiger partial charge on any atom is 0.315 e. The zero-order chi connectivity index (χ0) is 17.7. The molecule has 0 saturated carbocycles. The average molecular weight is 339 g/mol. The van der Waals surface area contributed by atoms with E-state index in [9.17, 15) is 20.0 Å². The molecular formula is C14H17N3O7. The summed E-state index contributed by atoms with van der Waals surface area (Å²) >= 11 is 0. The van der Waals surface area contributed by atoms with Gasteiger partial charge in [0.1, 0.15) is 0 Å². The quantitative estimate of drug-likeness (QED) is 0.447. The van der Waals surface area contributed by atoms with Crippen LogP contribution >= 0.6 is 0 Å². The predicted molar refractivity (Wildman–Crippen MR) is 82.0 cm³/mol. The molecule has 1 aliphatic heterocycles. The third-order valence-electron chi connectivity index (χ3n) is 3.28. The molecule has 10 nitrogen and oxygen atoms in total. The highest BCUT2D eigenvalue weighted by atomic mass is 16.7. The van der Waals surface area contributed by atoms with Crippen LogP contribution in [0.15, 0.2) is 17.2 Å². The van der Waals surface area contributed by atoms with Gasteiger partial charge in [-0.2, -0.15) is 5.10 Å². The molecule has 0 aromatic heterocycles. The number of hydrogen-bond donors (Lipinski definition) is 2. The fraction of sp³-hybridized carbons (Fsp3) is 0.429. The van der Waals surface area contributed by atoms with Crippen molar-refractivity contribution in [2.24, 2.45) is 5.10 Å². The van der Waals surface area contributed by atoms with Crippen molar-refractivity contribution < 1.29 is 29.0 Å². The maximum atomic E-state index is 11.8. The minimum absolute atomic E-state index is 0.0383. The Balaban J connectivity index is 2.04. The highest BCUT2D eigenvalue weighted by molar-refractivity contribution is 5.85. The molecule has 0 unspecified atom stereocenters. The van der Waals surface area contributed by atoms with Crippen molar-refractivity contribution in [1.82, 2.24) is 5.43 Å². The number of ether oxygens (including phenoxy) is 3. The third kappa shape index (κ3) is 4.18. The van der Waals surface area contributed by atoms with Gasteiger partial charge in [-0.25, -0.2) is 5.43 Å². The Bertz CT molecular complexity index is 669. The van der Waals surface area contributed by atoms with Crippen molar-refractivity contribution in [3.05, 3.63) is 27.8 Å². The van der Waals surface area contributed by atoms with E-state index >= 15 is 0 Å². The van der Waals surface area contributed by atoms with Crippen LogP contribution in [0, 0.1) is 10.1 Å². The maximum absolute atomic E-state index is 11.8. The Morgan fingerprint density at radius 1 is 1.54 bits per heavy atom. The molecule has 10 heteroatoms. The molecule has 1 amide bonds. The number of phenolic OH excluding ortho intramolecular Hbond substituents is 1. The van der Waals surface area contributed by atoms with Crippen LogP contribution in [0.25, 0.3) is 0 Å². The molecule has 1 aromatic rings. The van der Waals surface area contributed by atoms with Crippen molar-refractivity contribution in [3.63, 3.8) is 0 Å². The van der Waals surface area contributed by atoms with Gasteiger partial charge in [-0.15, -0.1) is 0 Å². The van der Waals surface area contributed by atoms with Gasteiger partial charge in [0, 0.05) is 11.6 Å².